The fourth-order valence-corrected chi connectivity index (χ4v) is 2.72. The lowest BCUT2D eigenvalue weighted by Gasteiger charge is -2.04. The zero-order valence-corrected chi connectivity index (χ0v) is 14.0. The van der Waals surface area contributed by atoms with Crippen LogP contribution in [0, 0.1) is 0 Å². The second kappa shape index (κ2) is 11.5. The molecule has 0 N–H and O–H groups in total. The molecule has 0 aliphatic carbocycles. The van der Waals surface area contributed by atoms with Crippen LogP contribution in [0.15, 0.2) is 24.3 Å². The predicted molar refractivity (Wildman–Crippen MR) is 92.0 cm³/mol. The maximum absolute atomic E-state index is 11.2. The Hall–Kier alpha value is -1.11. The highest BCUT2D eigenvalue weighted by atomic mass is 16.1. The van der Waals surface area contributed by atoms with Gasteiger partial charge in [0.25, 0.3) is 0 Å². The van der Waals surface area contributed by atoms with E-state index in [0.717, 1.165) is 12.0 Å². The SMILES string of the molecule is CCCCCCCCCCCCc1ccc(C(C)=O)cc1. The predicted octanol–water partition coefficient (Wildman–Crippen LogP) is 6.35. The fraction of sp³-hybridized carbons (Fsp3) is 0.650. The molecule has 0 amide bonds. The van der Waals surface area contributed by atoms with Crippen molar-refractivity contribution in [1.29, 1.82) is 0 Å². The van der Waals surface area contributed by atoms with E-state index in [0.29, 0.717) is 0 Å². The first kappa shape index (κ1) is 17.9. The summed E-state index contributed by atoms with van der Waals surface area (Å²) < 4.78 is 0. The molecular formula is C20H32O. The quantitative estimate of drug-likeness (QED) is 0.323. The standard InChI is InChI=1S/C20H32O/c1-3-4-5-6-7-8-9-10-11-12-13-19-14-16-20(17-15-19)18(2)21/h14-17H,3-13H2,1-2H3. The molecule has 0 aliphatic rings. The highest BCUT2D eigenvalue weighted by molar-refractivity contribution is 5.93. The molecule has 0 spiro atoms. The molecule has 0 radical (unpaired) electrons. The van der Waals surface area contributed by atoms with Crippen molar-refractivity contribution in [2.45, 2.75) is 84.5 Å². The molecule has 0 bridgehead atoms. The first-order valence-electron chi connectivity index (χ1n) is 8.84. The van der Waals surface area contributed by atoms with Gasteiger partial charge in [-0.25, -0.2) is 0 Å². The van der Waals surface area contributed by atoms with Gasteiger partial charge in [-0.2, -0.15) is 0 Å². The average molecular weight is 288 g/mol. The maximum Gasteiger partial charge on any atom is 0.159 e. The minimum Gasteiger partial charge on any atom is -0.295 e. The summed E-state index contributed by atoms with van der Waals surface area (Å²) >= 11 is 0. The lowest BCUT2D eigenvalue weighted by atomic mass is 10.0. The number of hydrogen-bond donors (Lipinski definition) is 0. The van der Waals surface area contributed by atoms with Crippen molar-refractivity contribution >= 4 is 5.78 Å². The molecule has 0 fully saturated rings. The Kier molecular flexibility index (Phi) is 9.86. The first-order valence-corrected chi connectivity index (χ1v) is 8.84. The summed E-state index contributed by atoms with van der Waals surface area (Å²) in [4.78, 5) is 11.2. The number of hydrogen-bond acceptors (Lipinski definition) is 1. The van der Waals surface area contributed by atoms with Crippen LogP contribution in [0.25, 0.3) is 0 Å². The number of rotatable bonds is 12. The molecule has 0 aromatic heterocycles. The van der Waals surface area contributed by atoms with Crippen molar-refractivity contribution in [1.82, 2.24) is 0 Å². The van der Waals surface area contributed by atoms with Gasteiger partial charge in [0.15, 0.2) is 5.78 Å². The van der Waals surface area contributed by atoms with Gasteiger partial charge >= 0.3 is 0 Å². The zero-order chi connectivity index (χ0) is 15.3. The Morgan fingerprint density at radius 1 is 0.762 bits per heavy atom. The van der Waals surface area contributed by atoms with Gasteiger partial charge in [-0.1, -0.05) is 89.0 Å². The molecule has 0 heterocycles. The summed E-state index contributed by atoms with van der Waals surface area (Å²) in [6.07, 6.45) is 15.0. The smallest absolute Gasteiger partial charge is 0.159 e. The van der Waals surface area contributed by atoms with Gasteiger partial charge in [0.1, 0.15) is 0 Å². The summed E-state index contributed by atoms with van der Waals surface area (Å²) in [5.41, 5.74) is 2.18. The highest BCUT2D eigenvalue weighted by Gasteiger charge is 1.99. The lowest BCUT2D eigenvalue weighted by molar-refractivity contribution is 0.101. The van der Waals surface area contributed by atoms with E-state index < -0.39 is 0 Å². The Morgan fingerprint density at radius 2 is 1.24 bits per heavy atom. The number of carbonyl (C=O) groups excluding carboxylic acids is 1. The van der Waals surface area contributed by atoms with Crippen LogP contribution in [-0.2, 0) is 6.42 Å². The van der Waals surface area contributed by atoms with Crippen LogP contribution in [0.1, 0.15) is 94.0 Å². The molecule has 0 atom stereocenters. The molecule has 1 rings (SSSR count). The van der Waals surface area contributed by atoms with E-state index in [2.05, 4.69) is 19.1 Å². The summed E-state index contributed by atoms with van der Waals surface area (Å²) in [5.74, 6) is 0.153. The van der Waals surface area contributed by atoms with Crippen LogP contribution in [0.2, 0.25) is 0 Å². The monoisotopic (exact) mass is 288 g/mol. The lowest BCUT2D eigenvalue weighted by Crippen LogP contribution is -1.92. The molecule has 0 unspecified atom stereocenters. The normalized spacial score (nSPS) is 10.8. The van der Waals surface area contributed by atoms with E-state index in [4.69, 9.17) is 0 Å². The third-order valence-corrected chi connectivity index (χ3v) is 4.18. The largest absolute Gasteiger partial charge is 0.295 e. The van der Waals surface area contributed by atoms with E-state index in [-0.39, 0.29) is 5.78 Å². The molecule has 1 heteroatoms. The van der Waals surface area contributed by atoms with Gasteiger partial charge < -0.3 is 0 Å². The van der Waals surface area contributed by atoms with Crippen LogP contribution in [0.4, 0.5) is 0 Å². The second-order valence-corrected chi connectivity index (χ2v) is 6.19. The maximum atomic E-state index is 11.2. The number of benzene rings is 1. The van der Waals surface area contributed by atoms with Crippen LogP contribution in [0.5, 0.6) is 0 Å². The Labute approximate surface area is 131 Å². The van der Waals surface area contributed by atoms with Gasteiger partial charge in [-0.05, 0) is 25.3 Å². The van der Waals surface area contributed by atoms with E-state index in [1.807, 2.05) is 12.1 Å². The third-order valence-electron chi connectivity index (χ3n) is 4.18. The number of ketones is 1. The molecule has 1 aromatic carbocycles. The van der Waals surface area contributed by atoms with Gasteiger partial charge in [-0.3, -0.25) is 4.79 Å². The minimum absolute atomic E-state index is 0.153. The number of aryl methyl sites for hydroxylation is 1. The first-order chi connectivity index (χ1) is 10.2. The van der Waals surface area contributed by atoms with Gasteiger partial charge in [0.2, 0.25) is 0 Å². The van der Waals surface area contributed by atoms with Crippen LogP contribution < -0.4 is 0 Å². The van der Waals surface area contributed by atoms with E-state index in [9.17, 15) is 4.79 Å². The van der Waals surface area contributed by atoms with Crippen LogP contribution >= 0.6 is 0 Å². The average Bonchev–Trinajstić information content (AvgIpc) is 2.49. The van der Waals surface area contributed by atoms with Gasteiger partial charge in [-0.15, -0.1) is 0 Å². The van der Waals surface area contributed by atoms with E-state index >= 15 is 0 Å². The Morgan fingerprint density at radius 3 is 1.71 bits per heavy atom. The molecule has 0 saturated heterocycles. The van der Waals surface area contributed by atoms with Crippen molar-refractivity contribution in [3.05, 3.63) is 35.4 Å². The summed E-state index contributed by atoms with van der Waals surface area (Å²) in [6, 6.07) is 8.11. The van der Waals surface area contributed by atoms with Crippen molar-refractivity contribution in [2.24, 2.45) is 0 Å². The summed E-state index contributed by atoms with van der Waals surface area (Å²) in [5, 5.41) is 0. The van der Waals surface area contributed by atoms with E-state index in [1.165, 1.54) is 69.8 Å². The topological polar surface area (TPSA) is 17.1 Å². The molecule has 1 aromatic rings. The third kappa shape index (κ3) is 8.70. The molecule has 0 saturated carbocycles. The number of unbranched alkanes of at least 4 members (excludes halogenated alkanes) is 9. The Bertz CT molecular complexity index is 377. The second-order valence-electron chi connectivity index (χ2n) is 6.19. The number of Topliss-reactive ketones (excluding diaryl/α,β-unsaturated/α-hetero) is 1. The van der Waals surface area contributed by atoms with Crippen molar-refractivity contribution in [3.63, 3.8) is 0 Å². The molecule has 118 valence electrons. The van der Waals surface area contributed by atoms with Crippen LogP contribution in [-0.4, -0.2) is 5.78 Å². The Balaban J connectivity index is 1.98. The van der Waals surface area contributed by atoms with Gasteiger partial charge in [0.05, 0.1) is 0 Å². The molecule has 21 heavy (non-hydrogen) atoms. The summed E-state index contributed by atoms with van der Waals surface area (Å²) in [7, 11) is 0. The van der Waals surface area contributed by atoms with Gasteiger partial charge in [0, 0.05) is 5.56 Å². The highest BCUT2D eigenvalue weighted by Crippen LogP contribution is 2.13. The molecule has 0 aliphatic heterocycles. The van der Waals surface area contributed by atoms with Crippen LogP contribution in [0.3, 0.4) is 0 Å². The van der Waals surface area contributed by atoms with Crippen molar-refractivity contribution < 1.29 is 4.79 Å². The summed E-state index contributed by atoms with van der Waals surface area (Å²) in [6.45, 7) is 3.89. The zero-order valence-electron chi connectivity index (χ0n) is 14.0. The molecule has 1 nitrogen and oxygen atoms in total. The van der Waals surface area contributed by atoms with Crippen molar-refractivity contribution in [3.8, 4) is 0 Å². The van der Waals surface area contributed by atoms with E-state index in [1.54, 1.807) is 6.92 Å². The minimum atomic E-state index is 0.153. The number of carbonyl (C=O) groups is 1. The fourth-order valence-electron chi connectivity index (χ4n) is 2.72. The van der Waals surface area contributed by atoms with Crippen molar-refractivity contribution in [2.75, 3.05) is 0 Å². The molecular weight excluding hydrogens is 256 g/mol.